The van der Waals surface area contributed by atoms with Crippen molar-refractivity contribution in [1.29, 1.82) is 0 Å². The lowest BCUT2D eigenvalue weighted by molar-refractivity contribution is -0.139. The Morgan fingerprint density at radius 3 is 2.60 bits per heavy atom. The van der Waals surface area contributed by atoms with Gasteiger partial charge in [0.25, 0.3) is 0 Å². The van der Waals surface area contributed by atoms with Crippen LogP contribution < -0.4 is 10.6 Å². The first-order valence-corrected chi connectivity index (χ1v) is 8.51. The highest BCUT2D eigenvalue weighted by Gasteiger charge is 2.42. The lowest BCUT2D eigenvalue weighted by Crippen LogP contribution is -2.57. The van der Waals surface area contributed by atoms with Gasteiger partial charge in [-0.2, -0.15) is 0 Å². The summed E-state index contributed by atoms with van der Waals surface area (Å²) in [5.74, 6) is 1.30. The largest absolute Gasteiger partial charge is 0.341 e. The molecule has 3 rings (SSSR count). The van der Waals surface area contributed by atoms with Crippen molar-refractivity contribution in [3.63, 3.8) is 0 Å². The number of nitrogens with zero attached hydrogens (tertiary/aromatic N) is 1. The van der Waals surface area contributed by atoms with Crippen LogP contribution in [0.4, 0.5) is 0 Å². The molecule has 20 heavy (non-hydrogen) atoms. The Labute approximate surface area is 122 Å². The standard InChI is InChI=1S/C16H29N3O/c1-2-16(8-3-9-18-16)15(20)19-10-6-14(7-11-19)17-12-13-4-5-13/h13-14,17-18H,2-12H2,1H3. The minimum atomic E-state index is -0.242. The monoisotopic (exact) mass is 279 g/mol. The summed E-state index contributed by atoms with van der Waals surface area (Å²) in [6, 6.07) is 0.633. The number of hydrogen-bond donors (Lipinski definition) is 2. The summed E-state index contributed by atoms with van der Waals surface area (Å²) in [5.41, 5.74) is -0.242. The van der Waals surface area contributed by atoms with Crippen LogP contribution in [0.15, 0.2) is 0 Å². The van der Waals surface area contributed by atoms with Gasteiger partial charge in [0, 0.05) is 19.1 Å². The third-order valence-corrected chi connectivity index (χ3v) is 5.43. The van der Waals surface area contributed by atoms with Gasteiger partial charge in [0.15, 0.2) is 0 Å². The van der Waals surface area contributed by atoms with Crippen molar-refractivity contribution < 1.29 is 4.79 Å². The zero-order valence-electron chi connectivity index (χ0n) is 12.8. The highest BCUT2D eigenvalue weighted by atomic mass is 16.2. The third-order valence-electron chi connectivity index (χ3n) is 5.43. The Morgan fingerprint density at radius 1 is 1.30 bits per heavy atom. The van der Waals surface area contributed by atoms with E-state index in [2.05, 4.69) is 22.5 Å². The first-order chi connectivity index (χ1) is 9.73. The number of amides is 1. The summed E-state index contributed by atoms with van der Waals surface area (Å²) < 4.78 is 0. The SMILES string of the molecule is CCC1(C(=O)N2CCC(NCC3CC3)CC2)CCCN1. The molecule has 2 heterocycles. The van der Waals surface area contributed by atoms with E-state index in [4.69, 9.17) is 0 Å². The van der Waals surface area contributed by atoms with Crippen molar-refractivity contribution in [2.24, 2.45) is 5.92 Å². The Kier molecular flexibility index (Phi) is 4.32. The zero-order chi connectivity index (χ0) is 14.0. The van der Waals surface area contributed by atoms with Crippen molar-refractivity contribution in [2.75, 3.05) is 26.2 Å². The van der Waals surface area contributed by atoms with E-state index >= 15 is 0 Å². The fraction of sp³-hybridized carbons (Fsp3) is 0.938. The van der Waals surface area contributed by atoms with Gasteiger partial charge in [0.2, 0.25) is 5.91 Å². The molecule has 4 heteroatoms. The van der Waals surface area contributed by atoms with Crippen molar-refractivity contribution in [3.8, 4) is 0 Å². The molecule has 2 aliphatic heterocycles. The van der Waals surface area contributed by atoms with Gasteiger partial charge in [-0.3, -0.25) is 4.79 Å². The maximum Gasteiger partial charge on any atom is 0.242 e. The second-order valence-electron chi connectivity index (χ2n) is 6.88. The second-order valence-corrected chi connectivity index (χ2v) is 6.88. The van der Waals surface area contributed by atoms with Crippen LogP contribution in [-0.2, 0) is 4.79 Å². The van der Waals surface area contributed by atoms with Gasteiger partial charge in [0.05, 0.1) is 5.54 Å². The van der Waals surface area contributed by atoms with E-state index in [0.717, 1.165) is 57.7 Å². The van der Waals surface area contributed by atoms with E-state index in [0.29, 0.717) is 11.9 Å². The van der Waals surface area contributed by atoms with E-state index in [1.54, 1.807) is 0 Å². The predicted molar refractivity (Wildman–Crippen MR) is 80.6 cm³/mol. The minimum absolute atomic E-state index is 0.242. The smallest absolute Gasteiger partial charge is 0.242 e. The van der Waals surface area contributed by atoms with E-state index < -0.39 is 0 Å². The number of carbonyl (C=O) groups is 1. The predicted octanol–water partition coefficient (Wildman–Crippen LogP) is 1.51. The maximum absolute atomic E-state index is 12.8. The Hall–Kier alpha value is -0.610. The maximum atomic E-state index is 12.8. The quantitative estimate of drug-likeness (QED) is 0.802. The van der Waals surface area contributed by atoms with Crippen molar-refractivity contribution in [3.05, 3.63) is 0 Å². The van der Waals surface area contributed by atoms with Crippen LogP contribution in [-0.4, -0.2) is 48.6 Å². The zero-order valence-corrected chi connectivity index (χ0v) is 12.8. The normalized spacial score (nSPS) is 31.8. The molecule has 1 aliphatic carbocycles. The van der Waals surface area contributed by atoms with E-state index in [1.165, 1.54) is 19.4 Å². The second kappa shape index (κ2) is 6.02. The molecule has 2 saturated heterocycles. The average Bonchev–Trinajstić information content (AvgIpc) is 3.20. The average molecular weight is 279 g/mol. The number of rotatable bonds is 5. The summed E-state index contributed by atoms with van der Waals surface area (Å²) in [6.07, 6.45) is 8.15. The Bertz CT molecular complexity index is 340. The summed E-state index contributed by atoms with van der Waals surface area (Å²) in [7, 11) is 0. The van der Waals surface area contributed by atoms with Gasteiger partial charge < -0.3 is 15.5 Å². The molecule has 0 bridgehead atoms. The Morgan fingerprint density at radius 2 is 2.05 bits per heavy atom. The van der Waals surface area contributed by atoms with Gasteiger partial charge in [-0.15, -0.1) is 0 Å². The number of nitrogens with one attached hydrogen (secondary N) is 2. The molecule has 0 aromatic heterocycles. The van der Waals surface area contributed by atoms with Crippen molar-refractivity contribution in [1.82, 2.24) is 15.5 Å². The van der Waals surface area contributed by atoms with Crippen LogP contribution in [0, 0.1) is 5.92 Å². The molecule has 1 atom stereocenters. The molecule has 0 radical (unpaired) electrons. The molecule has 2 N–H and O–H groups in total. The highest BCUT2D eigenvalue weighted by Crippen LogP contribution is 2.29. The van der Waals surface area contributed by atoms with Crippen LogP contribution in [0.1, 0.15) is 51.9 Å². The van der Waals surface area contributed by atoms with E-state index in [-0.39, 0.29) is 5.54 Å². The molecule has 1 unspecified atom stereocenters. The van der Waals surface area contributed by atoms with Crippen LogP contribution in [0.2, 0.25) is 0 Å². The lowest BCUT2D eigenvalue weighted by atomic mass is 9.91. The molecule has 0 aromatic carbocycles. The van der Waals surface area contributed by atoms with E-state index in [9.17, 15) is 4.79 Å². The van der Waals surface area contributed by atoms with Crippen molar-refractivity contribution in [2.45, 2.75) is 63.5 Å². The summed E-state index contributed by atoms with van der Waals surface area (Å²) >= 11 is 0. The summed E-state index contributed by atoms with van der Waals surface area (Å²) in [6.45, 7) is 6.20. The van der Waals surface area contributed by atoms with E-state index in [1.807, 2.05) is 0 Å². The van der Waals surface area contributed by atoms with Gasteiger partial charge in [-0.25, -0.2) is 0 Å². The molecular formula is C16H29N3O. The lowest BCUT2D eigenvalue weighted by Gasteiger charge is -2.38. The van der Waals surface area contributed by atoms with Crippen LogP contribution in [0.3, 0.4) is 0 Å². The van der Waals surface area contributed by atoms with Crippen LogP contribution in [0.5, 0.6) is 0 Å². The minimum Gasteiger partial charge on any atom is -0.341 e. The van der Waals surface area contributed by atoms with Crippen molar-refractivity contribution >= 4 is 5.91 Å². The number of carbonyl (C=O) groups excluding carboxylic acids is 1. The molecule has 114 valence electrons. The number of hydrogen-bond acceptors (Lipinski definition) is 3. The Balaban J connectivity index is 1.47. The van der Waals surface area contributed by atoms with Gasteiger partial charge in [-0.05, 0) is 64.0 Å². The molecule has 0 spiro atoms. The highest BCUT2D eigenvalue weighted by molar-refractivity contribution is 5.86. The van der Waals surface area contributed by atoms with Gasteiger partial charge in [0.1, 0.15) is 0 Å². The van der Waals surface area contributed by atoms with Gasteiger partial charge in [-0.1, -0.05) is 6.92 Å². The number of likely N-dealkylation sites (tertiary alicyclic amines) is 1. The van der Waals surface area contributed by atoms with Crippen LogP contribution in [0.25, 0.3) is 0 Å². The molecular weight excluding hydrogens is 250 g/mol. The fourth-order valence-corrected chi connectivity index (χ4v) is 3.69. The molecule has 3 aliphatic rings. The third kappa shape index (κ3) is 3.01. The number of piperidine rings is 1. The molecule has 1 amide bonds. The molecule has 0 aromatic rings. The summed E-state index contributed by atoms with van der Waals surface area (Å²) in [5, 5.41) is 7.15. The summed E-state index contributed by atoms with van der Waals surface area (Å²) in [4.78, 5) is 14.9. The first kappa shape index (κ1) is 14.3. The fourth-order valence-electron chi connectivity index (χ4n) is 3.69. The molecule has 3 fully saturated rings. The van der Waals surface area contributed by atoms with Gasteiger partial charge >= 0.3 is 0 Å². The molecule has 1 saturated carbocycles. The first-order valence-electron chi connectivity index (χ1n) is 8.51. The van der Waals surface area contributed by atoms with Crippen LogP contribution >= 0.6 is 0 Å². The topological polar surface area (TPSA) is 44.4 Å². The molecule has 4 nitrogen and oxygen atoms in total.